The Balaban J connectivity index is 2.09. The van der Waals surface area contributed by atoms with Crippen molar-refractivity contribution in [3.05, 3.63) is 0 Å². The average molecular weight is 198 g/mol. The van der Waals surface area contributed by atoms with Crippen LogP contribution in [0, 0.1) is 5.92 Å². The van der Waals surface area contributed by atoms with Gasteiger partial charge in [-0.05, 0) is 12.3 Å². The molecule has 2 atom stereocenters. The van der Waals surface area contributed by atoms with E-state index in [2.05, 4.69) is 20.8 Å². The SMILES string of the molecule is CCCCC[C@H]1O[C@@H]1C(=O)CC(C)C. The molecule has 0 aromatic carbocycles. The zero-order valence-electron chi connectivity index (χ0n) is 9.58. The summed E-state index contributed by atoms with van der Waals surface area (Å²) in [4.78, 5) is 11.5. The van der Waals surface area contributed by atoms with Crippen molar-refractivity contribution in [2.24, 2.45) is 5.92 Å². The lowest BCUT2D eigenvalue weighted by molar-refractivity contribution is -0.120. The maximum absolute atomic E-state index is 11.5. The van der Waals surface area contributed by atoms with Gasteiger partial charge in [-0.3, -0.25) is 4.79 Å². The predicted octanol–water partition coefficient (Wildman–Crippen LogP) is 2.95. The van der Waals surface area contributed by atoms with E-state index in [4.69, 9.17) is 4.74 Å². The quantitative estimate of drug-likeness (QED) is 0.465. The molecule has 1 heterocycles. The summed E-state index contributed by atoms with van der Waals surface area (Å²) in [5, 5.41) is 0. The Morgan fingerprint density at radius 3 is 2.64 bits per heavy atom. The molecule has 0 aromatic rings. The van der Waals surface area contributed by atoms with Crippen LogP contribution in [0.3, 0.4) is 0 Å². The molecule has 1 fully saturated rings. The highest BCUT2D eigenvalue weighted by Gasteiger charge is 2.43. The number of hydrogen-bond donors (Lipinski definition) is 0. The molecule has 82 valence electrons. The van der Waals surface area contributed by atoms with E-state index in [0.29, 0.717) is 18.1 Å². The van der Waals surface area contributed by atoms with Crippen LogP contribution in [0.15, 0.2) is 0 Å². The van der Waals surface area contributed by atoms with E-state index in [-0.39, 0.29) is 12.2 Å². The van der Waals surface area contributed by atoms with Crippen molar-refractivity contribution in [1.82, 2.24) is 0 Å². The number of hydrogen-bond acceptors (Lipinski definition) is 2. The lowest BCUT2D eigenvalue weighted by Gasteiger charge is -2.00. The van der Waals surface area contributed by atoms with Gasteiger partial charge < -0.3 is 4.74 Å². The molecule has 0 spiro atoms. The van der Waals surface area contributed by atoms with Crippen LogP contribution < -0.4 is 0 Å². The van der Waals surface area contributed by atoms with Crippen LogP contribution in [0.5, 0.6) is 0 Å². The van der Waals surface area contributed by atoms with Crippen LogP contribution in [0.25, 0.3) is 0 Å². The Morgan fingerprint density at radius 2 is 2.07 bits per heavy atom. The molecular weight excluding hydrogens is 176 g/mol. The summed E-state index contributed by atoms with van der Waals surface area (Å²) < 4.78 is 5.38. The van der Waals surface area contributed by atoms with Crippen LogP contribution in [-0.2, 0) is 9.53 Å². The zero-order valence-corrected chi connectivity index (χ0v) is 9.58. The maximum Gasteiger partial charge on any atom is 0.164 e. The summed E-state index contributed by atoms with van der Waals surface area (Å²) in [6.07, 6.45) is 5.65. The van der Waals surface area contributed by atoms with Gasteiger partial charge in [0, 0.05) is 6.42 Å². The van der Waals surface area contributed by atoms with Crippen molar-refractivity contribution in [1.29, 1.82) is 0 Å². The summed E-state index contributed by atoms with van der Waals surface area (Å²) in [7, 11) is 0. The standard InChI is InChI=1S/C12H22O2/c1-4-5-6-7-11-12(14-11)10(13)8-9(2)3/h9,11-12H,4-8H2,1-3H3/t11-,12-/m1/s1. The first kappa shape index (κ1) is 11.7. The minimum atomic E-state index is -0.0470. The number of carbonyl (C=O) groups is 1. The van der Waals surface area contributed by atoms with Gasteiger partial charge in [-0.25, -0.2) is 0 Å². The van der Waals surface area contributed by atoms with Crippen LogP contribution in [0.2, 0.25) is 0 Å². The van der Waals surface area contributed by atoms with Crippen molar-refractivity contribution in [3.63, 3.8) is 0 Å². The fourth-order valence-electron chi connectivity index (χ4n) is 1.76. The molecule has 2 heteroatoms. The molecule has 1 rings (SSSR count). The highest BCUT2D eigenvalue weighted by molar-refractivity contribution is 5.85. The second-order valence-electron chi connectivity index (χ2n) is 4.66. The Morgan fingerprint density at radius 1 is 1.36 bits per heavy atom. The molecule has 2 nitrogen and oxygen atoms in total. The van der Waals surface area contributed by atoms with E-state index in [0.717, 1.165) is 6.42 Å². The molecule has 1 saturated heterocycles. The number of rotatable bonds is 7. The van der Waals surface area contributed by atoms with Gasteiger partial charge in [0.15, 0.2) is 5.78 Å². The number of ether oxygens (including phenoxy) is 1. The third-order valence-corrected chi connectivity index (χ3v) is 2.60. The topological polar surface area (TPSA) is 29.6 Å². The van der Waals surface area contributed by atoms with E-state index >= 15 is 0 Å². The molecule has 14 heavy (non-hydrogen) atoms. The summed E-state index contributed by atoms with van der Waals surface area (Å²) in [5.41, 5.74) is 0. The smallest absolute Gasteiger partial charge is 0.164 e. The Kier molecular flexibility index (Phi) is 4.59. The normalized spacial score (nSPS) is 25.4. The van der Waals surface area contributed by atoms with Crippen LogP contribution in [0.4, 0.5) is 0 Å². The van der Waals surface area contributed by atoms with Crippen LogP contribution >= 0.6 is 0 Å². The fraction of sp³-hybridized carbons (Fsp3) is 0.917. The van der Waals surface area contributed by atoms with Crippen molar-refractivity contribution in [3.8, 4) is 0 Å². The molecule has 1 aliphatic heterocycles. The number of epoxide rings is 1. The highest BCUT2D eigenvalue weighted by atomic mass is 16.6. The summed E-state index contributed by atoms with van der Waals surface area (Å²) >= 11 is 0. The van der Waals surface area contributed by atoms with Crippen LogP contribution in [0.1, 0.15) is 52.9 Å². The van der Waals surface area contributed by atoms with Gasteiger partial charge >= 0.3 is 0 Å². The molecular formula is C12H22O2. The van der Waals surface area contributed by atoms with Crippen molar-refractivity contribution in [2.75, 3.05) is 0 Å². The molecule has 0 aliphatic carbocycles. The fourth-order valence-corrected chi connectivity index (χ4v) is 1.76. The molecule has 0 amide bonds. The zero-order chi connectivity index (χ0) is 10.6. The van der Waals surface area contributed by atoms with E-state index in [1.54, 1.807) is 0 Å². The van der Waals surface area contributed by atoms with Gasteiger partial charge in [-0.15, -0.1) is 0 Å². The summed E-state index contributed by atoms with van der Waals surface area (Å²) in [6.45, 7) is 6.34. The van der Waals surface area contributed by atoms with Gasteiger partial charge in [0.1, 0.15) is 6.10 Å². The Hall–Kier alpha value is -0.370. The Bertz CT molecular complexity index is 187. The lowest BCUT2D eigenvalue weighted by Crippen LogP contribution is -2.12. The molecule has 0 N–H and O–H groups in total. The maximum atomic E-state index is 11.5. The minimum absolute atomic E-state index is 0.0470. The van der Waals surface area contributed by atoms with Crippen molar-refractivity contribution >= 4 is 5.78 Å². The van der Waals surface area contributed by atoms with E-state index in [1.807, 2.05) is 0 Å². The average Bonchev–Trinajstić information content (AvgIpc) is 2.83. The number of unbranched alkanes of at least 4 members (excludes halogenated alkanes) is 2. The monoisotopic (exact) mass is 198 g/mol. The van der Waals surface area contributed by atoms with Gasteiger partial charge in [0.25, 0.3) is 0 Å². The molecule has 0 saturated carbocycles. The van der Waals surface area contributed by atoms with Crippen molar-refractivity contribution < 1.29 is 9.53 Å². The lowest BCUT2D eigenvalue weighted by atomic mass is 10.0. The molecule has 0 aromatic heterocycles. The van der Waals surface area contributed by atoms with Gasteiger partial charge in [0.2, 0.25) is 0 Å². The summed E-state index contributed by atoms with van der Waals surface area (Å²) in [6, 6.07) is 0. The van der Waals surface area contributed by atoms with E-state index in [1.165, 1.54) is 19.3 Å². The van der Waals surface area contributed by atoms with Gasteiger partial charge in [-0.2, -0.15) is 0 Å². The second kappa shape index (κ2) is 5.50. The highest BCUT2D eigenvalue weighted by Crippen LogP contribution is 2.29. The first-order valence-electron chi connectivity index (χ1n) is 5.83. The predicted molar refractivity (Wildman–Crippen MR) is 57.3 cm³/mol. The number of Topliss-reactive ketones (excluding diaryl/α,β-unsaturated/α-hetero) is 1. The molecule has 1 aliphatic rings. The number of carbonyl (C=O) groups excluding carboxylic acids is 1. The van der Waals surface area contributed by atoms with Crippen LogP contribution in [-0.4, -0.2) is 18.0 Å². The minimum Gasteiger partial charge on any atom is -0.361 e. The van der Waals surface area contributed by atoms with Crippen molar-refractivity contribution in [2.45, 2.75) is 65.1 Å². The van der Waals surface area contributed by atoms with E-state index < -0.39 is 0 Å². The largest absolute Gasteiger partial charge is 0.361 e. The third kappa shape index (κ3) is 3.79. The Labute approximate surface area is 87.0 Å². The van der Waals surface area contributed by atoms with Gasteiger partial charge in [0.05, 0.1) is 6.10 Å². The molecule has 0 bridgehead atoms. The number of ketones is 1. The first-order valence-corrected chi connectivity index (χ1v) is 5.83. The second-order valence-corrected chi connectivity index (χ2v) is 4.66. The van der Waals surface area contributed by atoms with E-state index in [9.17, 15) is 4.79 Å². The summed E-state index contributed by atoms with van der Waals surface area (Å²) in [5.74, 6) is 0.768. The third-order valence-electron chi connectivity index (χ3n) is 2.60. The molecule has 0 unspecified atom stereocenters. The first-order chi connectivity index (χ1) is 6.65. The van der Waals surface area contributed by atoms with Gasteiger partial charge in [-0.1, -0.05) is 40.0 Å². The molecule has 0 radical (unpaired) electrons.